The minimum Gasteiger partial charge on any atom is -0.466 e. The van der Waals surface area contributed by atoms with Crippen molar-refractivity contribution in [2.24, 2.45) is 11.3 Å². The van der Waals surface area contributed by atoms with Crippen LogP contribution >= 0.6 is 0 Å². The van der Waals surface area contributed by atoms with Crippen molar-refractivity contribution in [3.8, 4) is 11.5 Å². The zero-order valence-electron chi connectivity index (χ0n) is 14.5. The maximum atomic E-state index is 12.4. The Balaban J connectivity index is 1.72. The van der Waals surface area contributed by atoms with Crippen LogP contribution in [0, 0.1) is 11.3 Å². The summed E-state index contributed by atoms with van der Waals surface area (Å²) in [6.45, 7) is 1.97. The molecule has 136 valence electrons. The molecule has 1 saturated carbocycles. The van der Waals surface area contributed by atoms with Gasteiger partial charge < -0.3 is 9.47 Å². The molecule has 3 rings (SSSR count). The van der Waals surface area contributed by atoms with Crippen LogP contribution in [0.1, 0.15) is 18.9 Å². The van der Waals surface area contributed by atoms with Crippen molar-refractivity contribution < 1.29 is 24.3 Å². The molecule has 0 spiro atoms. The smallest absolute Gasteiger partial charge is 0.313 e. The summed E-state index contributed by atoms with van der Waals surface area (Å²) in [5.74, 6) is -0.109. The molecular weight excluding hydrogens is 334 g/mol. The third-order valence-corrected chi connectivity index (χ3v) is 4.61. The molecule has 2 unspecified atom stereocenters. The zero-order valence-corrected chi connectivity index (χ0v) is 14.5. The maximum Gasteiger partial charge on any atom is 0.313 e. The molecule has 1 aliphatic carbocycles. The lowest BCUT2D eigenvalue weighted by molar-refractivity contribution is -0.152. The Bertz CT molecular complexity index is 775. The fourth-order valence-corrected chi connectivity index (χ4v) is 3.16. The molecule has 0 saturated heterocycles. The normalized spacial score (nSPS) is 20.9. The van der Waals surface area contributed by atoms with E-state index < -0.39 is 23.2 Å². The van der Waals surface area contributed by atoms with Crippen molar-refractivity contribution in [3.63, 3.8) is 0 Å². The van der Waals surface area contributed by atoms with Crippen molar-refractivity contribution in [1.82, 2.24) is 5.48 Å². The monoisotopic (exact) mass is 355 g/mol. The summed E-state index contributed by atoms with van der Waals surface area (Å²) in [6, 6.07) is 16.8. The molecule has 2 atom stereocenters. The van der Waals surface area contributed by atoms with Crippen molar-refractivity contribution >= 4 is 11.9 Å². The third kappa shape index (κ3) is 3.70. The first-order chi connectivity index (χ1) is 12.6. The van der Waals surface area contributed by atoms with E-state index in [0.29, 0.717) is 18.6 Å². The highest BCUT2D eigenvalue weighted by Gasteiger charge is 2.64. The Morgan fingerprint density at radius 1 is 1.12 bits per heavy atom. The van der Waals surface area contributed by atoms with Gasteiger partial charge in [0.15, 0.2) is 0 Å². The van der Waals surface area contributed by atoms with Gasteiger partial charge in [-0.1, -0.05) is 30.3 Å². The van der Waals surface area contributed by atoms with Gasteiger partial charge in [0.1, 0.15) is 11.5 Å². The van der Waals surface area contributed by atoms with E-state index >= 15 is 0 Å². The molecule has 0 heterocycles. The number of carbonyl (C=O) groups excluding carboxylic acids is 2. The number of amides is 1. The molecule has 2 N–H and O–H groups in total. The highest BCUT2D eigenvalue weighted by molar-refractivity contribution is 5.93. The van der Waals surface area contributed by atoms with Crippen LogP contribution < -0.4 is 10.2 Å². The summed E-state index contributed by atoms with van der Waals surface area (Å²) in [5, 5.41) is 8.86. The SMILES string of the molecule is CCOC(=O)C1(Cc2ccc(Oc3ccccc3)cc2)CC1C(=O)NO. The molecule has 1 amide bonds. The Hall–Kier alpha value is -2.86. The third-order valence-electron chi connectivity index (χ3n) is 4.61. The van der Waals surface area contributed by atoms with Gasteiger partial charge in [0, 0.05) is 0 Å². The molecule has 0 aromatic heterocycles. The van der Waals surface area contributed by atoms with Gasteiger partial charge in [-0.25, -0.2) is 5.48 Å². The molecule has 1 aliphatic rings. The van der Waals surface area contributed by atoms with Gasteiger partial charge in [-0.3, -0.25) is 14.8 Å². The standard InChI is InChI=1S/C20H21NO5/c1-2-25-19(23)20(13-17(20)18(22)21-24)12-14-8-10-16(11-9-14)26-15-6-4-3-5-7-15/h3-11,17,24H,2,12-13H2,1H3,(H,21,22). The molecule has 6 heteroatoms. The summed E-state index contributed by atoms with van der Waals surface area (Å²) in [6.07, 6.45) is 0.732. The van der Waals surface area contributed by atoms with Crippen LogP contribution in [0.25, 0.3) is 0 Å². The summed E-state index contributed by atoms with van der Waals surface area (Å²) < 4.78 is 10.9. The molecule has 26 heavy (non-hydrogen) atoms. The van der Waals surface area contributed by atoms with Crippen LogP contribution in [0.4, 0.5) is 0 Å². The van der Waals surface area contributed by atoms with Crippen molar-refractivity contribution in [1.29, 1.82) is 0 Å². The number of ether oxygens (including phenoxy) is 2. The summed E-state index contributed by atoms with van der Waals surface area (Å²) in [4.78, 5) is 24.1. The van der Waals surface area contributed by atoms with Gasteiger partial charge in [-0.2, -0.15) is 0 Å². The second-order valence-electron chi connectivity index (χ2n) is 6.35. The number of esters is 1. The van der Waals surface area contributed by atoms with Crippen LogP contribution in [0.2, 0.25) is 0 Å². The molecule has 0 radical (unpaired) electrons. The van der Waals surface area contributed by atoms with E-state index in [1.54, 1.807) is 12.4 Å². The van der Waals surface area contributed by atoms with Crippen LogP contribution in [0.5, 0.6) is 11.5 Å². The van der Waals surface area contributed by atoms with Gasteiger partial charge in [0.2, 0.25) is 5.91 Å². The number of carbonyl (C=O) groups is 2. The Labute approximate surface area is 151 Å². The Morgan fingerprint density at radius 2 is 1.77 bits per heavy atom. The number of hydrogen-bond acceptors (Lipinski definition) is 5. The van der Waals surface area contributed by atoms with E-state index in [2.05, 4.69) is 0 Å². The minimum atomic E-state index is -0.912. The van der Waals surface area contributed by atoms with E-state index in [0.717, 1.165) is 11.3 Å². The lowest BCUT2D eigenvalue weighted by atomic mass is 9.93. The second-order valence-corrected chi connectivity index (χ2v) is 6.35. The molecule has 0 bridgehead atoms. The Morgan fingerprint density at radius 3 is 2.38 bits per heavy atom. The zero-order chi connectivity index (χ0) is 18.6. The van der Waals surface area contributed by atoms with Crippen molar-refractivity contribution in [3.05, 3.63) is 60.2 Å². The predicted octanol–water partition coefficient (Wildman–Crippen LogP) is 3.10. The van der Waals surface area contributed by atoms with E-state index in [1.165, 1.54) is 0 Å². The first kappa shape index (κ1) is 17.9. The summed E-state index contributed by atoms with van der Waals surface area (Å²) in [7, 11) is 0. The number of benzene rings is 2. The highest BCUT2D eigenvalue weighted by Crippen LogP contribution is 2.56. The van der Waals surface area contributed by atoms with E-state index in [-0.39, 0.29) is 6.61 Å². The molecule has 1 fully saturated rings. The summed E-state index contributed by atoms with van der Waals surface area (Å²) in [5.41, 5.74) is 1.62. The number of para-hydroxylation sites is 1. The van der Waals surface area contributed by atoms with Crippen LogP contribution in [0.15, 0.2) is 54.6 Å². The first-order valence-electron chi connectivity index (χ1n) is 8.52. The molecular formula is C20H21NO5. The number of hydroxylamine groups is 1. The Kier molecular flexibility index (Phi) is 5.23. The van der Waals surface area contributed by atoms with Gasteiger partial charge in [0.25, 0.3) is 0 Å². The average Bonchev–Trinajstić information content (AvgIpc) is 3.39. The van der Waals surface area contributed by atoms with Crippen molar-refractivity contribution in [2.45, 2.75) is 19.8 Å². The first-order valence-corrected chi connectivity index (χ1v) is 8.52. The largest absolute Gasteiger partial charge is 0.466 e. The molecule has 0 aliphatic heterocycles. The van der Waals surface area contributed by atoms with Gasteiger partial charge in [-0.15, -0.1) is 0 Å². The fourth-order valence-electron chi connectivity index (χ4n) is 3.16. The lowest BCUT2D eigenvalue weighted by Crippen LogP contribution is -2.30. The van der Waals surface area contributed by atoms with Gasteiger partial charge in [-0.05, 0) is 49.6 Å². The lowest BCUT2D eigenvalue weighted by Gasteiger charge is -2.16. The number of hydrogen-bond donors (Lipinski definition) is 2. The fraction of sp³-hybridized carbons (Fsp3) is 0.300. The average molecular weight is 355 g/mol. The number of nitrogens with one attached hydrogen (secondary N) is 1. The van der Waals surface area contributed by atoms with E-state index in [4.69, 9.17) is 14.7 Å². The maximum absolute atomic E-state index is 12.4. The van der Waals surface area contributed by atoms with Crippen molar-refractivity contribution in [2.75, 3.05) is 6.61 Å². The van der Waals surface area contributed by atoms with Gasteiger partial charge in [0.05, 0.1) is 17.9 Å². The topological polar surface area (TPSA) is 84.9 Å². The highest BCUT2D eigenvalue weighted by atomic mass is 16.5. The predicted molar refractivity (Wildman–Crippen MR) is 93.8 cm³/mol. The van der Waals surface area contributed by atoms with Crippen LogP contribution in [0.3, 0.4) is 0 Å². The van der Waals surface area contributed by atoms with Crippen LogP contribution in [-0.4, -0.2) is 23.7 Å². The molecule has 2 aromatic rings. The van der Waals surface area contributed by atoms with Crippen LogP contribution in [-0.2, 0) is 20.7 Å². The van der Waals surface area contributed by atoms with E-state index in [1.807, 2.05) is 54.6 Å². The number of rotatable bonds is 7. The molecule has 2 aromatic carbocycles. The quantitative estimate of drug-likeness (QED) is 0.453. The summed E-state index contributed by atoms with van der Waals surface area (Å²) >= 11 is 0. The second kappa shape index (κ2) is 7.58. The van der Waals surface area contributed by atoms with E-state index in [9.17, 15) is 9.59 Å². The minimum absolute atomic E-state index is 0.248. The van der Waals surface area contributed by atoms with Gasteiger partial charge >= 0.3 is 5.97 Å². The molecule has 6 nitrogen and oxygen atoms in total.